The van der Waals surface area contributed by atoms with Crippen LogP contribution in [0.1, 0.15) is 19.3 Å². The van der Waals surface area contributed by atoms with Crippen molar-refractivity contribution >= 4 is 0 Å². The van der Waals surface area contributed by atoms with Crippen LogP contribution in [0.25, 0.3) is 0 Å². The van der Waals surface area contributed by atoms with E-state index >= 15 is 0 Å². The molecule has 0 bridgehead atoms. The Morgan fingerprint density at radius 2 is 2.12 bits per heavy atom. The van der Waals surface area contributed by atoms with Gasteiger partial charge in [0.15, 0.2) is 0 Å². The maximum atomic E-state index is 5.69. The van der Waals surface area contributed by atoms with Crippen LogP contribution in [0.5, 0.6) is 0 Å². The smallest absolute Gasteiger partial charge is 0.0699 e. The topological polar surface area (TPSA) is 42.5 Å². The van der Waals surface area contributed by atoms with E-state index in [0.29, 0.717) is 18.1 Å². The lowest BCUT2D eigenvalue weighted by Crippen LogP contribution is -2.41. The van der Waals surface area contributed by atoms with Gasteiger partial charge in [-0.05, 0) is 26.3 Å². The van der Waals surface area contributed by atoms with E-state index in [1.165, 1.54) is 19.3 Å². The summed E-state index contributed by atoms with van der Waals surface area (Å²) < 4.78 is 11.2. The fourth-order valence-corrected chi connectivity index (χ4v) is 2.52. The Balaban J connectivity index is 1.59. The number of hydrogen-bond acceptors (Lipinski definition) is 4. The summed E-state index contributed by atoms with van der Waals surface area (Å²) in [5.41, 5.74) is 0. The molecule has 3 unspecified atom stereocenters. The Labute approximate surface area is 98.1 Å². The van der Waals surface area contributed by atoms with Crippen molar-refractivity contribution in [3.8, 4) is 0 Å². The lowest BCUT2D eigenvalue weighted by molar-refractivity contribution is 0.0164. The van der Waals surface area contributed by atoms with E-state index < -0.39 is 0 Å². The Morgan fingerprint density at radius 1 is 1.19 bits per heavy atom. The summed E-state index contributed by atoms with van der Waals surface area (Å²) in [6, 6.07) is 0.514. The van der Waals surface area contributed by atoms with Crippen LogP contribution < -0.4 is 10.6 Å². The van der Waals surface area contributed by atoms with E-state index in [1.807, 2.05) is 7.05 Å². The number of likely N-dealkylation sites (N-methyl/N-ethyl adjacent to an activating group) is 1. The molecule has 16 heavy (non-hydrogen) atoms. The molecule has 3 atom stereocenters. The molecule has 0 spiro atoms. The van der Waals surface area contributed by atoms with Gasteiger partial charge in [-0.2, -0.15) is 0 Å². The van der Waals surface area contributed by atoms with Crippen molar-refractivity contribution < 1.29 is 9.47 Å². The van der Waals surface area contributed by atoms with Crippen LogP contribution in [0.4, 0.5) is 0 Å². The van der Waals surface area contributed by atoms with E-state index in [1.54, 1.807) is 0 Å². The second-order valence-corrected chi connectivity index (χ2v) is 4.84. The van der Waals surface area contributed by atoms with Crippen LogP contribution >= 0.6 is 0 Å². The van der Waals surface area contributed by atoms with Gasteiger partial charge in [0.05, 0.1) is 19.3 Å². The van der Waals surface area contributed by atoms with Gasteiger partial charge in [0.2, 0.25) is 0 Å². The highest BCUT2D eigenvalue weighted by molar-refractivity contribution is 4.82. The molecule has 2 rings (SSSR count). The minimum atomic E-state index is 0.434. The Morgan fingerprint density at radius 3 is 2.88 bits per heavy atom. The molecular formula is C12H24N2O2. The largest absolute Gasteiger partial charge is 0.379 e. The van der Waals surface area contributed by atoms with Crippen LogP contribution in [0.2, 0.25) is 0 Å². The molecule has 2 aliphatic heterocycles. The van der Waals surface area contributed by atoms with Gasteiger partial charge in [-0.1, -0.05) is 0 Å². The average molecular weight is 228 g/mol. The second kappa shape index (κ2) is 6.55. The Bertz CT molecular complexity index is 195. The van der Waals surface area contributed by atoms with Gasteiger partial charge in [-0.3, -0.25) is 0 Å². The summed E-state index contributed by atoms with van der Waals surface area (Å²) in [6.45, 7) is 4.70. The third-order valence-corrected chi connectivity index (χ3v) is 3.62. The maximum absolute atomic E-state index is 5.69. The normalized spacial score (nSPS) is 35.4. The summed E-state index contributed by atoms with van der Waals surface area (Å²) >= 11 is 0. The van der Waals surface area contributed by atoms with E-state index in [4.69, 9.17) is 9.47 Å². The van der Waals surface area contributed by atoms with E-state index in [0.717, 1.165) is 32.9 Å². The zero-order valence-electron chi connectivity index (χ0n) is 10.2. The summed E-state index contributed by atoms with van der Waals surface area (Å²) in [7, 11) is 2.01. The van der Waals surface area contributed by atoms with Crippen LogP contribution in [-0.4, -0.2) is 52.1 Å². The molecule has 2 saturated heterocycles. The molecule has 4 nitrogen and oxygen atoms in total. The molecule has 0 aliphatic carbocycles. The fourth-order valence-electron chi connectivity index (χ4n) is 2.52. The van der Waals surface area contributed by atoms with Gasteiger partial charge >= 0.3 is 0 Å². The summed E-state index contributed by atoms with van der Waals surface area (Å²) in [5, 5.41) is 6.82. The molecule has 0 aromatic rings. The highest BCUT2D eigenvalue weighted by Crippen LogP contribution is 2.14. The first kappa shape index (κ1) is 12.3. The summed E-state index contributed by atoms with van der Waals surface area (Å²) in [5.74, 6) is 0.605. The molecule has 94 valence electrons. The first-order valence-electron chi connectivity index (χ1n) is 6.47. The van der Waals surface area contributed by atoms with Gasteiger partial charge < -0.3 is 20.1 Å². The van der Waals surface area contributed by atoms with Crippen molar-refractivity contribution in [3.05, 3.63) is 0 Å². The SMILES string of the molecule is CNC1COCC1CNCC1CCCCO1. The fraction of sp³-hybridized carbons (Fsp3) is 1.00. The third-order valence-electron chi connectivity index (χ3n) is 3.62. The Hall–Kier alpha value is -0.160. The molecule has 0 radical (unpaired) electrons. The first-order valence-corrected chi connectivity index (χ1v) is 6.47. The maximum Gasteiger partial charge on any atom is 0.0699 e. The predicted molar refractivity (Wildman–Crippen MR) is 63.6 cm³/mol. The number of rotatable bonds is 5. The number of ether oxygens (including phenoxy) is 2. The lowest BCUT2D eigenvalue weighted by Gasteiger charge is -2.24. The second-order valence-electron chi connectivity index (χ2n) is 4.84. The molecule has 0 aromatic carbocycles. The highest BCUT2D eigenvalue weighted by atomic mass is 16.5. The highest BCUT2D eigenvalue weighted by Gasteiger charge is 2.26. The van der Waals surface area contributed by atoms with Gasteiger partial charge in [0.25, 0.3) is 0 Å². The molecule has 0 amide bonds. The number of hydrogen-bond donors (Lipinski definition) is 2. The van der Waals surface area contributed by atoms with E-state index in [2.05, 4.69) is 10.6 Å². The zero-order valence-corrected chi connectivity index (χ0v) is 10.2. The van der Waals surface area contributed by atoms with E-state index in [9.17, 15) is 0 Å². The Kier molecular flexibility index (Phi) is 5.03. The van der Waals surface area contributed by atoms with Crippen molar-refractivity contribution in [2.24, 2.45) is 5.92 Å². The van der Waals surface area contributed by atoms with Crippen LogP contribution in [0.15, 0.2) is 0 Å². The van der Waals surface area contributed by atoms with Crippen LogP contribution in [-0.2, 0) is 9.47 Å². The lowest BCUT2D eigenvalue weighted by atomic mass is 10.0. The zero-order chi connectivity index (χ0) is 11.2. The predicted octanol–water partition coefficient (Wildman–Crippen LogP) is 0.379. The molecule has 2 heterocycles. The molecule has 0 saturated carbocycles. The van der Waals surface area contributed by atoms with Gasteiger partial charge in [0, 0.05) is 31.7 Å². The summed E-state index contributed by atoms with van der Waals surface area (Å²) in [6.07, 6.45) is 4.19. The number of nitrogens with one attached hydrogen (secondary N) is 2. The minimum absolute atomic E-state index is 0.434. The van der Waals surface area contributed by atoms with Crippen molar-refractivity contribution in [1.82, 2.24) is 10.6 Å². The molecule has 2 fully saturated rings. The van der Waals surface area contributed by atoms with Crippen LogP contribution in [0, 0.1) is 5.92 Å². The molecule has 2 aliphatic rings. The molecule has 2 N–H and O–H groups in total. The molecule has 0 aromatic heterocycles. The third kappa shape index (κ3) is 3.42. The quantitative estimate of drug-likeness (QED) is 0.714. The first-order chi connectivity index (χ1) is 7.90. The van der Waals surface area contributed by atoms with Gasteiger partial charge in [-0.15, -0.1) is 0 Å². The average Bonchev–Trinajstić information content (AvgIpc) is 2.78. The van der Waals surface area contributed by atoms with Crippen LogP contribution in [0.3, 0.4) is 0 Å². The standard InChI is InChI=1S/C12H24N2O2/c1-13-12-9-15-8-10(12)6-14-7-11-4-2-3-5-16-11/h10-14H,2-9H2,1H3. The van der Waals surface area contributed by atoms with Crippen molar-refractivity contribution in [3.63, 3.8) is 0 Å². The van der Waals surface area contributed by atoms with E-state index in [-0.39, 0.29) is 0 Å². The minimum Gasteiger partial charge on any atom is -0.379 e. The van der Waals surface area contributed by atoms with Gasteiger partial charge in [-0.25, -0.2) is 0 Å². The molecule has 4 heteroatoms. The van der Waals surface area contributed by atoms with Gasteiger partial charge in [0.1, 0.15) is 0 Å². The summed E-state index contributed by atoms with van der Waals surface area (Å²) in [4.78, 5) is 0. The van der Waals surface area contributed by atoms with Crippen molar-refractivity contribution in [1.29, 1.82) is 0 Å². The van der Waals surface area contributed by atoms with Crippen molar-refractivity contribution in [2.45, 2.75) is 31.4 Å². The molecular weight excluding hydrogens is 204 g/mol. The van der Waals surface area contributed by atoms with Crippen molar-refractivity contribution in [2.75, 3.05) is 40.0 Å². The monoisotopic (exact) mass is 228 g/mol.